The molecule has 0 bridgehead atoms. The molecule has 0 aliphatic carbocycles. The van der Waals surface area contributed by atoms with Crippen LogP contribution < -0.4 is 4.90 Å². The van der Waals surface area contributed by atoms with Crippen molar-refractivity contribution in [2.75, 3.05) is 4.90 Å². The van der Waals surface area contributed by atoms with Gasteiger partial charge in [-0.15, -0.1) is 0 Å². The highest BCUT2D eigenvalue weighted by molar-refractivity contribution is 5.78. The first kappa shape index (κ1) is 23.6. The topological polar surface area (TPSA) is 23.5 Å². The molecule has 0 saturated heterocycles. The molecule has 0 aliphatic heterocycles. The number of hydrogen-bond donors (Lipinski definition) is 1. The number of phenolic OH excluding ortho intramolecular Hbond substituents is 1. The van der Waals surface area contributed by atoms with Crippen molar-refractivity contribution in [2.45, 2.75) is 52.4 Å². The van der Waals surface area contributed by atoms with E-state index in [2.05, 4.69) is 119 Å². The normalized spacial score (nSPS) is 11.9. The van der Waals surface area contributed by atoms with Crippen molar-refractivity contribution in [2.24, 2.45) is 0 Å². The van der Waals surface area contributed by atoms with Gasteiger partial charge in [0.05, 0.1) is 0 Å². The van der Waals surface area contributed by atoms with E-state index in [1.54, 1.807) is 12.1 Å². The van der Waals surface area contributed by atoms with E-state index in [-0.39, 0.29) is 16.6 Å². The van der Waals surface area contributed by atoms with E-state index in [0.717, 1.165) is 28.2 Å². The molecule has 2 heteroatoms. The summed E-state index contributed by atoms with van der Waals surface area (Å²) in [5.41, 5.74) is 8.45. The van der Waals surface area contributed by atoms with E-state index in [4.69, 9.17) is 0 Å². The molecule has 0 fully saturated rings. The molecule has 0 saturated carbocycles. The first-order valence-corrected chi connectivity index (χ1v) is 11.9. The zero-order valence-corrected chi connectivity index (χ0v) is 21.1. The van der Waals surface area contributed by atoms with Crippen LogP contribution in [0.25, 0.3) is 11.1 Å². The minimum Gasteiger partial charge on any atom is -0.508 e. The Kier molecular flexibility index (Phi) is 6.27. The summed E-state index contributed by atoms with van der Waals surface area (Å²) in [4.78, 5) is 2.31. The lowest BCUT2D eigenvalue weighted by Crippen LogP contribution is -2.14. The fourth-order valence-corrected chi connectivity index (χ4v) is 4.13. The zero-order chi connectivity index (χ0) is 24.5. The molecule has 0 heterocycles. The van der Waals surface area contributed by atoms with Crippen LogP contribution in [0.4, 0.5) is 17.1 Å². The fourth-order valence-electron chi connectivity index (χ4n) is 4.13. The third kappa shape index (κ3) is 5.17. The number of rotatable bonds is 4. The van der Waals surface area contributed by atoms with Crippen molar-refractivity contribution >= 4 is 17.1 Å². The molecular weight excluding hydrogens is 414 g/mol. The quantitative estimate of drug-likeness (QED) is 0.336. The van der Waals surface area contributed by atoms with Gasteiger partial charge in [0, 0.05) is 17.1 Å². The van der Waals surface area contributed by atoms with Crippen molar-refractivity contribution in [3.05, 3.63) is 108 Å². The van der Waals surface area contributed by atoms with Crippen molar-refractivity contribution in [3.8, 4) is 16.9 Å². The van der Waals surface area contributed by atoms with Crippen LogP contribution in [0, 0.1) is 0 Å². The first-order valence-electron chi connectivity index (χ1n) is 11.9. The number of anilines is 3. The highest BCUT2D eigenvalue weighted by Gasteiger charge is 2.18. The Morgan fingerprint density at radius 2 is 0.735 bits per heavy atom. The number of phenols is 1. The molecule has 0 radical (unpaired) electrons. The van der Waals surface area contributed by atoms with Crippen LogP contribution in [-0.2, 0) is 10.8 Å². The Morgan fingerprint density at radius 1 is 0.441 bits per heavy atom. The van der Waals surface area contributed by atoms with Crippen molar-refractivity contribution < 1.29 is 5.11 Å². The van der Waals surface area contributed by atoms with Crippen molar-refractivity contribution in [1.29, 1.82) is 0 Å². The van der Waals surface area contributed by atoms with Gasteiger partial charge in [0.1, 0.15) is 5.75 Å². The maximum atomic E-state index is 9.61. The molecule has 0 atom stereocenters. The molecule has 0 amide bonds. The van der Waals surface area contributed by atoms with Crippen molar-refractivity contribution in [3.63, 3.8) is 0 Å². The average molecular weight is 450 g/mol. The molecule has 34 heavy (non-hydrogen) atoms. The van der Waals surface area contributed by atoms with Gasteiger partial charge in [-0.3, -0.25) is 0 Å². The summed E-state index contributed by atoms with van der Waals surface area (Å²) in [6.45, 7) is 13.5. The molecule has 2 nitrogen and oxygen atoms in total. The van der Waals surface area contributed by atoms with Gasteiger partial charge in [-0.05, 0) is 81.6 Å². The van der Waals surface area contributed by atoms with Crippen LogP contribution in [-0.4, -0.2) is 5.11 Å². The highest BCUT2D eigenvalue weighted by Crippen LogP contribution is 2.37. The lowest BCUT2D eigenvalue weighted by atomic mass is 9.86. The molecule has 0 spiro atoms. The largest absolute Gasteiger partial charge is 0.508 e. The summed E-state index contributed by atoms with van der Waals surface area (Å²) in [6.07, 6.45) is 0. The van der Waals surface area contributed by atoms with E-state index in [1.165, 1.54) is 11.1 Å². The molecule has 1 N–H and O–H groups in total. The van der Waals surface area contributed by atoms with E-state index < -0.39 is 0 Å². The Morgan fingerprint density at radius 3 is 1.06 bits per heavy atom. The van der Waals surface area contributed by atoms with E-state index in [0.29, 0.717) is 0 Å². The summed E-state index contributed by atoms with van der Waals surface area (Å²) in [6, 6.07) is 33.7. The van der Waals surface area contributed by atoms with Crippen LogP contribution in [0.5, 0.6) is 5.75 Å². The maximum Gasteiger partial charge on any atom is 0.115 e. The molecular formula is C32H35NO. The molecule has 4 rings (SSSR count). The van der Waals surface area contributed by atoms with Crippen molar-refractivity contribution in [1.82, 2.24) is 0 Å². The number of nitrogens with zero attached hydrogens (tertiary/aromatic N) is 1. The Balaban J connectivity index is 1.75. The average Bonchev–Trinajstić information content (AvgIpc) is 2.80. The first-order chi connectivity index (χ1) is 16.0. The summed E-state index contributed by atoms with van der Waals surface area (Å²) >= 11 is 0. The van der Waals surface area contributed by atoms with Gasteiger partial charge in [0.25, 0.3) is 0 Å². The third-order valence-electron chi connectivity index (χ3n) is 6.31. The van der Waals surface area contributed by atoms with Gasteiger partial charge < -0.3 is 10.0 Å². The number of aromatic hydroxyl groups is 1. The number of hydrogen-bond acceptors (Lipinski definition) is 2. The van der Waals surface area contributed by atoms with E-state index in [9.17, 15) is 5.11 Å². The monoisotopic (exact) mass is 449 g/mol. The predicted octanol–water partition coefficient (Wildman–Crippen LogP) is 9.12. The summed E-state index contributed by atoms with van der Waals surface area (Å²) in [7, 11) is 0. The van der Waals surface area contributed by atoms with Crippen LogP contribution in [0.1, 0.15) is 52.7 Å². The van der Waals surface area contributed by atoms with E-state index in [1.807, 2.05) is 12.1 Å². The summed E-state index contributed by atoms with van der Waals surface area (Å²) in [5.74, 6) is 0.281. The van der Waals surface area contributed by atoms with E-state index >= 15 is 0 Å². The molecule has 4 aromatic rings. The standard InChI is InChI=1S/C32H35NO/c1-31(2,3)25-11-17-28(18-12-25)33(29-19-13-26(14-20-29)32(4,5)6)27-15-7-23(8-16-27)24-9-21-30(34)22-10-24/h7-22,34H,1-6H3. The lowest BCUT2D eigenvalue weighted by Gasteiger charge is -2.28. The zero-order valence-electron chi connectivity index (χ0n) is 21.1. The fraction of sp³-hybridized carbons (Fsp3) is 0.250. The minimum absolute atomic E-state index is 0.115. The van der Waals surface area contributed by atoms with Crippen LogP contribution >= 0.6 is 0 Å². The maximum absolute atomic E-state index is 9.61. The lowest BCUT2D eigenvalue weighted by molar-refractivity contribution is 0.475. The van der Waals surface area contributed by atoms with Gasteiger partial charge in [-0.1, -0.05) is 90.1 Å². The van der Waals surface area contributed by atoms with Gasteiger partial charge in [0.15, 0.2) is 0 Å². The van der Waals surface area contributed by atoms with Gasteiger partial charge in [-0.25, -0.2) is 0 Å². The molecule has 174 valence electrons. The predicted molar refractivity (Wildman–Crippen MR) is 146 cm³/mol. The SMILES string of the molecule is CC(C)(C)c1ccc(N(c2ccc(-c3ccc(O)cc3)cc2)c2ccc(C(C)(C)C)cc2)cc1. The molecule has 4 aromatic carbocycles. The van der Waals surface area contributed by atoms with Crippen LogP contribution in [0.3, 0.4) is 0 Å². The van der Waals surface area contributed by atoms with Gasteiger partial charge in [0.2, 0.25) is 0 Å². The Bertz CT molecular complexity index is 1160. The smallest absolute Gasteiger partial charge is 0.115 e. The third-order valence-corrected chi connectivity index (χ3v) is 6.31. The number of benzene rings is 4. The van der Waals surface area contributed by atoms with Gasteiger partial charge >= 0.3 is 0 Å². The Labute approximate surface area is 204 Å². The highest BCUT2D eigenvalue weighted by atomic mass is 16.3. The second kappa shape index (κ2) is 9.02. The second-order valence-corrected chi connectivity index (χ2v) is 11.0. The van der Waals surface area contributed by atoms with Gasteiger partial charge in [-0.2, -0.15) is 0 Å². The minimum atomic E-state index is 0.115. The second-order valence-electron chi connectivity index (χ2n) is 11.0. The Hall–Kier alpha value is -3.52. The van der Waals surface area contributed by atoms with Crippen LogP contribution in [0.2, 0.25) is 0 Å². The summed E-state index contributed by atoms with van der Waals surface area (Å²) in [5, 5.41) is 9.61. The molecule has 0 aliphatic rings. The molecule has 0 aromatic heterocycles. The van der Waals surface area contributed by atoms with Crippen LogP contribution in [0.15, 0.2) is 97.1 Å². The molecule has 0 unspecified atom stereocenters. The summed E-state index contributed by atoms with van der Waals surface area (Å²) < 4.78 is 0.